The van der Waals surface area contributed by atoms with Crippen LogP contribution in [0.25, 0.3) is 11.2 Å². The average molecular weight is 432 g/mol. The zero-order valence-electron chi connectivity index (χ0n) is 16.8. The third-order valence-electron chi connectivity index (χ3n) is 5.19. The van der Waals surface area contributed by atoms with Crippen molar-refractivity contribution in [1.29, 1.82) is 0 Å². The van der Waals surface area contributed by atoms with Gasteiger partial charge in [-0.2, -0.15) is 0 Å². The first-order valence-electron chi connectivity index (χ1n) is 9.63. The highest BCUT2D eigenvalue weighted by atomic mass is 31.2. The number of hydrogen-bond acceptors (Lipinski definition) is 6. The molecule has 11 heteroatoms. The van der Waals surface area contributed by atoms with E-state index in [9.17, 15) is 19.1 Å². The number of nitrogens with two attached hydrogens (primary N) is 1. The number of carbonyl (C=O) groups is 1. The molecular formula is C19H25N6O4P. The summed E-state index contributed by atoms with van der Waals surface area (Å²) in [5.41, 5.74) is 7.68. The fourth-order valence-corrected chi connectivity index (χ4v) is 4.34. The van der Waals surface area contributed by atoms with Gasteiger partial charge in [0.05, 0.1) is 0 Å². The van der Waals surface area contributed by atoms with Crippen molar-refractivity contribution in [3.63, 3.8) is 0 Å². The van der Waals surface area contributed by atoms with Crippen LogP contribution in [0.1, 0.15) is 48.7 Å². The molecule has 1 aromatic carbocycles. The molecule has 0 aliphatic heterocycles. The number of nitrogens with zero attached hydrogens (tertiary/aromatic N) is 3. The number of anilines is 1. The Kier molecular flexibility index (Phi) is 6.21. The number of nitrogens with one attached hydrogen (secondary N) is 2. The number of aryl methyl sites for hydroxylation is 2. The molecule has 2 heterocycles. The minimum absolute atomic E-state index is 0.0608. The second kappa shape index (κ2) is 8.51. The van der Waals surface area contributed by atoms with Gasteiger partial charge in [-0.05, 0) is 24.8 Å². The monoisotopic (exact) mass is 432 g/mol. The molecule has 0 spiro atoms. The number of benzene rings is 1. The number of nitrogen functional groups attached to an aromatic ring is 1. The minimum atomic E-state index is -4.60. The lowest BCUT2D eigenvalue weighted by molar-refractivity contribution is 0.0901. The van der Waals surface area contributed by atoms with E-state index in [4.69, 9.17) is 5.73 Å². The molecule has 30 heavy (non-hydrogen) atoms. The second-order valence-electron chi connectivity index (χ2n) is 7.03. The number of carbonyl (C=O) groups excluding carboxylic acids is 1. The second-order valence-corrected chi connectivity index (χ2v) is 8.98. The number of aromatic amines is 1. The first-order chi connectivity index (χ1) is 14.2. The molecule has 10 nitrogen and oxygen atoms in total. The van der Waals surface area contributed by atoms with Crippen molar-refractivity contribution in [3.05, 3.63) is 47.5 Å². The van der Waals surface area contributed by atoms with Gasteiger partial charge in [-0.15, -0.1) is 0 Å². The van der Waals surface area contributed by atoms with Crippen LogP contribution in [0, 0.1) is 0 Å². The van der Waals surface area contributed by atoms with Crippen molar-refractivity contribution in [2.24, 2.45) is 0 Å². The van der Waals surface area contributed by atoms with Crippen molar-refractivity contribution in [3.8, 4) is 0 Å². The van der Waals surface area contributed by atoms with Crippen LogP contribution in [-0.4, -0.2) is 40.9 Å². The van der Waals surface area contributed by atoms with Gasteiger partial charge in [0.1, 0.15) is 16.6 Å². The predicted octanol–water partition coefficient (Wildman–Crippen LogP) is 2.14. The summed E-state index contributed by atoms with van der Waals surface area (Å²) in [5.74, 6) is -0.230. The molecule has 0 radical (unpaired) electrons. The van der Waals surface area contributed by atoms with Gasteiger partial charge >= 0.3 is 7.60 Å². The van der Waals surface area contributed by atoms with Gasteiger partial charge in [0.2, 0.25) is 0 Å². The van der Waals surface area contributed by atoms with Crippen LogP contribution >= 0.6 is 7.60 Å². The average Bonchev–Trinajstić information content (AvgIpc) is 3.15. The minimum Gasteiger partial charge on any atom is -0.382 e. The Bertz CT molecular complexity index is 1090. The van der Waals surface area contributed by atoms with E-state index in [0.717, 1.165) is 12.0 Å². The summed E-state index contributed by atoms with van der Waals surface area (Å²) in [6.07, 6.45) is 1.39. The summed E-state index contributed by atoms with van der Waals surface area (Å²) in [5, 5.41) is 0.777. The maximum Gasteiger partial charge on any atom is 0.350 e. The number of H-pyrrole nitrogens is 1. The Balaban J connectivity index is 1.85. The number of hydrogen-bond donors (Lipinski definition) is 5. The van der Waals surface area contributed by atoms with Crippen LogP contribution in [0.5, 0.6) is 0 Å². The summed E-state index contributed by atoms with van der Waals surface area (Å²) >= 11 is 0. The van der Waals surface area contributed by atoms with Gasteiger partial charge in [-0.25, -0.2) is 15.0 Å². The molecule has 3 rings (SSSR count). The van der Waals surface area contributed by atoms with Crippen molar-refractivity contribution in [1.82, 2.24) is 25.3 Å². The van der Waals surface area contributed by atoms with Crippen LogP contribution in [0.3, 0.4) is 0 Å². The largest absolute Gasteiger partial charge is 0.382 e. The van der Waals surface area contributed by atoms with E-state index in [1.807, 2.05) is 30.3 Å². The van der Waals surface area contributed by atoms with Gasteiger partial charge in [-0.3, -0.25) is 9.36 Å². The normalized spacial score (nSPS) is 12.3. The molecule has 0 aliphatic carbocycles. The number of aromatic nitrogens is 4. The number of fused-ring (bicyclic) bond motifs is 1. The molecular weight excluding hydrogens is 407 g/mol. The number of amides is 1. The smallest absolute Gasteiger partial charge is 0.350 e. The lowest BCUT2D eigenvalue weighted by atomic mass is 10.1. The van der Waals surface area contributed by atoms with Gasteiger partial charge in [0.15, 0.2) is 17.3 Å². The molecule has 2 aromatic heterocycles. The zero-order chi connectivity index (χ0) is 21.9. The van der Waals surface area contributed by atoms with Crippen LogP contribution < -0.4 is 11.1 Å². The highest BCUT2D eigenvalue weighted by molar-refractivity contribution is 7.53. The molecule has 0 saturated heterocycles. The van der Waals surface area contributed by atoms with E-state index in [1.54, 1.807) is 13.8 Å². The van der Waals surface area contributed by atoms with Crippen LogP contribution in [0.15, 0.2) is 30.3 Å². The molecule has 160 valence electrons. The van der Waals surface area contributed by atoms with Gasteiger partial charge in [0.25, 0.3) is 5.91 Å². The molecule has 0 fully saturated rings. The maximum absolute atomic E-state index is 12.7. The van der Waals surface area contributed by atoms with Crippen molar-refractivity contribution >= 4 is 30.5 Å². The highest BCUT2D eigenvalue weighted by Gasteiger charge is 2.45. The van der Waals surface area contributed by atoms with Gasteiger partial charge in [0, 0.05) is 6.42 Å². The molecule has 3 aromatic rings. The Labute approximate surface area is 173 Å². The lowest BCUT2D eigenvalue weighted by Gasteiger charge is -2.32. The molecule has 6 N–H and O–H groups in total. The van der Waals surface area contributed by atoms with E-state index >= 15 is 0 Å². The summed E-state index contributed by atoms with van der Waals surface area (Å²) in [4.78, 5) is 47.7. The lowest BCUT2D eigenvalue weighted by Crippen LogP contribution is -2.47. The van der Waals surface area contributed by atoms with Crippen LogP contribution in [0.4, 0.5) is 5.82 Å². The fourth-order valence-electron chi connectivity index (χ4n) is 3.27. The molecule has 1 amide bonds. The first-order valence-corrected chi connectivity index (χ1v) is 11.2. The summed E-state index contributed by atoms with van der Waals surface area (Å²) in [7, 11) is -4.60. The third kappa shape index (κ3) is 4.35. The fraction of sp³-hybridized carbons (Fsp3) is 0.368. The summed E-state index contributed by atoms with van der Waals surface area (Å²) in [6, 6.07) is 9.87. The van der Waals surface area contributed by atoms with E-state index < -0.39 is 18.8 Å². The van der Waals surface area contributed by atoms with Crippen molar-refractivity contribution in [2.45, 2.75) is 44.8 Å². The van der Waals surface area contributed by atoms with Gasteiger partial charge in [-0.1, -0.05) is 44.2 Å². The summed E-state index contributed by atoms with van der Waals surface area (Å²) < 4.78 is 11.9. The number of rotatable bonds is 8. The molecule has 0 aliphatic rings. The van der Waals surface area contributed by atoms with Crippen molar-refractivity contribution < 1.29 is 19.1 Å². The standard InChI is InChI=1S/C19H25N6O4P/c1-3-19(4-2,30(27,28)29)25-18(26)17-23-14-15(20)21-13(22-16(14)24-17)11-10-12-8-6-5-7-9-12/h5-9H,3-4,10-11H2,1-2H3,(H,25,26)(H2,27,28,29)(H3,20,21,22,23,24). The predicted molar refractivity (Wildman–Crippen MR) is 113 cm³/mol. The number of imidazole rings is 1. The third-order valence-corrected chi connectivity index (χ3v) is 7.05. The Hall–Kier alpha value is -2.81. The molecule has 0 saturated carbocycles. The first kappa shape index (κ1) is 21.9. The van der Waals surface area contributed by atoms with Crippen LogP contribution in [-0.2, 0) is 17.4 Å². The quantitative estimate of drug-likeness (QED) is 0.337. The topological polar surface area (TPSA) is 167 Å². The Morgan fingerprint density at radius 3 is 2.40 bits per heavy atom. The van der Waals surface area contributed by atoms with E-state index in [0.29, 0.717) is 17.8 Å². The van der Waals surface area contributed by atoms with E-state index in [2.05, 4.69) is 25.3 Å². The molecule has 0 unspecified atom stereocenters. The van der Waals surface area contributed by atoms with E-state index in [1.165, 1.54) is 0 Å². The highest BCUT2D eigenvalue weighted by Crippen LogP contribution is 2.52. The Morgan fingerprint density at radius 2 is 1.80 bits per heavy atom. The zero-order valence-corrected chi connectivity index (χ0v) is 17.7. The van der Waals surface area contributed by atoms with Crippen molar-refractivity contribution in [2.75, 3.05) is 5.73 Å². The maximum atomic E-state index is 12.7. The summed E-state index contributed by atoms with van der Waals surface area (Å²) in [6.45, 7) is 3.20. The van der Waals surface area contributed by atoms with Crippen LogP contribution in [0.2, 0.25) is 0 Å². The van der Waals surface area contributed by atoms with Gasteiger partial charge < -0.3 is 25.8 Å². The molecule has 0 atom stereocenters. The Morgan fingerprint density at radius 1 is 1.13 bits per heavy atom. The molecule has 0 bridgehead atoms. The SMILES string of the molecule is CCC(CC)(NC(=O)c1nc2nc(CCc3ccccc3)nc(N)c2[nH]1)P(=O)(O)O. The van der Waals surface area contributed by atoms with E-state index in [-0.39, 0.29) is 30.1 Å².